The maximum Gasteiger partial charge on any atom is 0.333 e. The first kappa shape index (κ1) is 22.2. The minimum Gasteiger partial charge on any atom is -0.467 e. The molecule has 164 valence electrons. The number of thiocarbonyl (C=S) groups is 1. The molecule has 0 saturated carbocycles. The normalized spacial score (nSPS) is 18.9. The lowest BCUT2D eigenvalue weighted by molar-refractivity contribution is -0.148. The minimum atomic E-state index is -1.02. The molecule has 2 aromatic rings. The standard InChI is InChI=1S/C24H22N2O4S2/c1-3-4-14-25-17-13-9-8-12-16(17)18(21(25)27)20-22(28)26(24(31)32-20)19(23(29)30-2)15-10-6-5-7-11-15/h5-13,19H,3-4,14H2,1-2H3/b20-18-. The van der Waals surface area contributed by atoms with E-state index in [2.05, 4.69) is 6.92 Å². The quantitative estimate of drug-likeness (QED) is 0.359. The van der Waals surface area contributed by atoms with Crippen LogP contribution in [0.15, 0.2) is 59.5 Å². The highest BCUT2D eigenvalue weighted by Gasteiger charge is 2.46. The molecule has 0 N–H and O–H groups in total. The van der Waals surface area contributed by atoms with E-state index >= 15 is 0 Å². The number of thioether (sulfide) groups is 1. The second-order valence-electron chi connectivity index (χ2n) is 7.41. The van der Waals surface area contributed by atoms with Crippen molar-refractivity contribution in [2.45, 2.75) is 25.8 Å². The van der Waals surface area contributed by atoms with Gasteiger partial charge in [-0.3, -0.25) is 14.5 Å². The van der Waals surface area contributed by atoms with E-state index in [0.717, 1.165) is 30.3 Å². The molecule has 2 aromatic carbocycles. The molecular formula is C24H22N2O4S2. The Hall–Kier alpha value is -2.97. The van der Waals surface area contributed by atoms with Crippen molar-refractivity contribution in [1.29, 1.82) is 0 Å². The Kier molecular flexibility index (Phi) is 6.43. The van der Waals surface area contributed by atoms with Crippen LogP contribution < -0.4 is 4.90 Å². The van der Waals surface area contributed by atoms with Gasteiger partial charge in [-0.2, -0.15) is 0 Å². The second-order valence-corrected chi connectivity index (χ2v) is 9.06. The number of anilines is 1. The molecule has 4 rings (SSSR count). The number of ether oxygens (including phenoxy) is 1. The highest BCUT2D eigenvalue weighted by molar-refractivity contribution is 8.26. The number of unbranched alkanes of at least 4 members (excludes halogenated alkanes) is 1. The Morgan fingerprint density at radius 3 is 2.44 bits per heavy atom. The molecular weight excluding hydrogens is 444 g/mol. The summed E-state index contributed by atoms with van der Waals surface area (Å²) in [7, 11) is 1.27. The molecule has 2 amide bonds. The number of amides is 2. The number of fused-ring (bicyclic) bond motifs is 1. The lowest BCUT2D eigenvalue weighted by atomic mass is 10.0. The summed E-state index contributed by atoms with van der Waals surface area (Å²) in [5.74, 6) is -1.27. The summed E-state index contributed by atoms with van der Waals surface area (Å²) in [6.07, 6.45) is 1.80. The van der Waals surface area contributed by atoms with Crippen molar-refractivity contribution in [3.05, 3.63) is 70.6 Å². The average Bonchev–Trinajstić information content (AvgIpc) is 3.25. The molecule has 1 saturated heterocycles. The van der Waals surface area contributed by atoms with Gasteiger partial charge in [0.25, 0.3) is 11.8 Å². The SMILES string of the molecule is CCCCN1C(=O)/C(=C2\SC(=S)N(C(C(=O)OC)c3ccccc3)C2=O)c2ccccc21. The number of carbonyl (C=O) groups is 3. The monoisotopic (exact) mass is 466 g/mol. The van der Waals surface area contributed by atoms with Gasteiger partial charge in [0, 0.05) is 12.1 Å². The van der Waals surface area contributed by atoms with Gasteiger partial charge >= 0.3 is 5.97 Å². The van der Waals surface area contributed by atoms with Crippen molar-refractivity contribution >= 4 is 57.3 Å². The van der Waals surface area contributed by atoms with E-state index in [4.69, 9.17) is 17.0 Å². The summed E-state index contributed by atoms with van der Waals surface area (Å²) in [5, 5.41) is 0. The summed E-state index contributed by atoms with van der Waals surface area (Å²) in [4.78, 5) is 42.9. The fourth-order valence-corrected chi connectivity index (χ4v) is 5.31. The third-order valence-electron chi connectivity index (χ3n) is 5.48. The number of methoxy groups -OCH3 is 1. The molecule has 1 atom stereocenters. The molecule has 8 heteroatoms. The summed E-state index contributed by atoms with van der Waals surface area (Å²) < 4.78 is 5.20. The molecule has 6 nitrogen and oxygen atoms in total. The lowest BCUT2D eigenvalue weighted by Gasteiger charge is -2.24. The van der Waals surface area contributed by atoms with Gasteiger partial charge in [-0.15, -0.1) is 0 Å². The van der Waals surface area contributed by atoms with Gasteiger partial charge in [0.05, 0.1) is 23.3 Å². The van der Waals surface area contributed by atoms with Gasteiger partial charge in [-0.1, -0.05) is 85.9 Å². The Morgan fingerprint density at radius 2 is 1.75 bits per heavy atom. The van der Waals surface area contributed by atoms with E-state index in [1.165, 1.54) is 12.0 Å². The third kappa shape index (κ3) is 3.73. The van der Waals surface area contributed by atoms with E-state index in [0.29, 0.717) is 23.2 Å². The number of benzene rings is 2. The summed E-state index contributed by atoms with van der Waals surface area (Å²) in [6, 6.07) is 15.3. The number of rotatable bonds is 6. The second kappa shape index (κ2) is 9.26. The van der Waals surface area contributed by atoms with Crippen LogP contribution in [0.5, 0.6) is 0 Å². The third-order valence-corrected chi connectivity index (χ3v) is 6.88. The topological polar surface area (TPSA) is 66.9 Å². The number of hydrogen-bond acceptors (Lipinski definition) is 6. The van der Waals surface area contributed by atoms with Gasteiger partial charge in [0.1, 0.15) is 4.32 Å². The molecule has 0 radical (unpaired) electrons. The van der Waals surface area contributed by atoms with Crippen LogP contribution in [0, 0.1) is 0 Å². The van der Waals surface area contributed by atoms with E-state index in [-0.39, 0.29) is 15.1 Å². The van der Waals surface area contributed by atoms with E-state index in [1.807, 2.05) is 30.3 Å². The van der Waals surface area contributed by atoms with E-state index in [9.17, 15) is 14.4 Å². The van der Waals surface area contributed by atoms with Crippen molar-refractivity contribution in [3.63, 3.8) is 0 Å². The van der Waals surface area contributed by atoms with Crippen LogP contribution in [-0.2, 0) is 19.1 Å². The van der Waals surface area contributed by atoms with Gasteiger partial charge in [-0.25, -0.2) is 4.79 Å². The van der Waals surface area contributed by atoms with Crippen LogP contribution in [-0.4, -0.2) is 40.7 Å². The highest BCUT2D eigenvalue weighted by Crippen LogP contribution is 2.46. The van der Waals surface area contributed by atoms with Gasteiger partial charge in [0.15, 0.2) is 6.04 Å². The molecule has 1 fully saturated rings. The average molecular weight is 467 g/mol. The first-order chi connectivity index (χ1) is 15.5. The fourth-order valence-electron chi connectivity index (χ4n) is 3.93. The molecule has 2 heterocycles. The lowest BCUT2D eigenvalue weighted by Crippen LogP contribution is -2.38. The van der Waals surface area contributed by atoms with Crippen molar-refractivity contribution in [1.82, 2.24) is 4.90 Å². The zero-order chi connectivity index (χ0) is 22.8. The molecule has 32 heavy (non-hydrogen) atoms. The van der Waals surface area contributed by atoms with Gasteiger partial charge < -0.3 is 9.64 Å². The number of carbonyl (C=O) groups excluding carboxylic acids is 3. The van der Waals surface area contributed by atoms with Crippen LogP contribution in [0.2, 0.25) is 0 Å². The Labute approximate surface area is 196 Å². The Morgan fingerprint density at radius 1 is 1.06 bits per heavy atom. The highest BCUT2D eigenvalue weighted by atomic mass is 32.2. The minimum absolute atomic E-state index is 0.213. The van der Waals surface area contributed by atoms with E-state index < -0.39 is 17.9 Å². The van der Waals surface area contributed by atoms with Crippen molar-refractivity contribution in [2.24, 2.45) is 0 Å². The van der Waals surface area contributed by atoms with Crippen LogP contribution in [0.1, 0.15) is 36.9 Å². The predicted molar refractivity (Wildman–Crippen MR) is 129 cm³/mol. The van der Waals surface area contributed by atoms with Crippen LogP contribution in [0.25, 0.3) is 5.57 Å². The van der Waals surface area contributed by atoms with Gasteiger partial charge in [-0.05, 0) is 18.1 Å². The molecule has 1 unspecified atom stereocenters. The molecule has 0 spiro atoms. The summed E-state index contributed by atoms with van der Waals surface area (Å²) in [6.45, 7) is 2.64. The Bertz CT molecular complexity index is 1130. The zero-order valence-electron chi connectivity index (χ0n) is 17.7. The predicted octanol–water partition coefficient (Wildman–Crippen LogP) is 4.32. The Balaban J connectivity index is 1.80. The molecule has 2 aliphatic rings. The number of para-hydroxylation sites is 1. The van der Waals surface area contributed by atoms with Crippen LogP contribution in [0.3, 0.4) is 0 Å². The largest absolute Gasteiger partial charge is 0.467 e. The molecule has 0 aromatic heterocycles. The fraction of sp³-hybridized carbons (Fsp3) is 0.250. The van der Waals surface area contributed by atoms with Gasteiger partial charge in [0.2, 0.25) is 0 Å². The molecule has 2 aliphatic heterocycles. The number of esters is 1. The van der Waals surface area contributed by atoms with Crippen molar-refractivity contribution in [2.75, 3.05) is 18.6 Å². The van der Waals surface area contributed by atoms with Crippen LogP contribution in [0.4, 0.5) is 5.69 Å². The first-order valence-electron chi connectivity index (χ1n) is 10.3. The number of nitrogens with zero attached hydrogens (tertiary/aromatic N) is 2. The number of hydrogen-bond donors (Lipinski definition) is 0. The maximum absolute atomic E-state index is 13.6. The maximum atomic E-state index is 13.6. The van der Waals surface area contributed by atoms with Crippen molar-refractivity contribution < 1.29 is 19.1 Å². The van der Waals surface area contributed by atoms with Crippen molar-refractivity contribution in [3.8, 4) is 0 Å². The van der Waals surface area contributed by atoms with Crippen LogP contribution >= 0.6 is 24.0 Å². The van der Waals surface area contributed by atoms with E-state index in [1.54, 1.807) is 29.2 Å². The summed E-state index contributed by atoms with van der Waals surface area (Å²) in [5.41, 5.74) is 2.43. The smallest absolute Gasteiger partial charge is 0.333 e. The first-order valence-corrected chi connectivity index (χ1v) is 11.6. The summed E-state index contributed by atoms with van der Waals surface area (Å²) >= 11 is 6.57. The molecule has 0 aliphatic carbocycles. The zero-order valence-corrected chi connectivity index (χ0v) is 19.4. The molecule has 0 bridgehead atoms.